The number of aromatic amines is 1. The maximum Gasteiger partial charge on any atom is 0.211 e. The number of ether oxygens (including phenoxy) is 1. The number of hydrogen-bond donors (Lipinski definition) is 3. The number of methoxy groups -OCH3 is 1. The quantitative estimate of drug-likeness (QED) is 0.187. The average Bonchev–Trinajstić information content (AvgIpc) is 2.92. The van der Waals surface area contributed by atoms with E-state index in [2.05, 4.69) is 14.7 Å². The SMILES string of the molecule is CO.COc1ccc(SNc2cc(=O)c3nc(-c4cc(C)nc(Cl)c4)c(-c4ccccc4)nc3[nH]2)cc1. The minimum atomic E-state index is -0.248. The first-order chi connectivity index (χ1) is 18.0. The molecule has 0 bridgehead atoms. The van der Waals surface area contributed by atoms with Gasteiger partial charge in [0, 0.05) is 34.9 Å². The summed E-state index contributed by atoms with van der Waals surface area (Å²) in [5.74, 6) is 1.30. The van der Waals surface area contributed by atoms with Crippen molar-refractivity contribution in [1.29, 1.82) is 0 Å². The van der Waals surface area contributed by atoms with Crippen molar-refractivity contribution in [2.75, 3.05) is 18.9 Å². The summed E-state index contributed by atoms with van der Waals surface area (Å²) < 4.78 is 8.37. The molecule has 3 heterocycles. The van der Waals surface area contributed by atoms with Gasteiger partial charge in [0.15, 0.2) is 11.2 Å². The van der Waals surface area contributed by atoms with E-state index >= 15 is 0 Å². The van der Waals surface area contributed by atoms with Crippen LogP contribution in [0.3, 0.4) is 0 Å². The summed E-state index contributed by atoms with van der Waals surface area (Å²) in [6.07, 6.45) is 0. The Labute approximate surface area is 222 Å². The van der Waals surface area contributed by atoms with E-state index in [0.29, 0.717) is 28.0 Å². The van der Waals surface area contributed by atoms with Crippen LogP contribution in [0.5, 0.6) is 5.75 Å². The second-order valence-electron chi connectivity index (χ2n) is 7.73. The molecule has 37 heavy (non-hydrogen) atoms. The summed E-state index contributed by atoms with van der Waals surface area (Å²) >= 11 is 7.59. The van der Waals surface area contributed by atoms with Crippen LogP contribution in [0.1, 0.15) is 5.69 Å². The van der Waals surface area contributed by atoms with Crippen LogP contribution in [-0.4, -0.2) is 39.3 Å². The average molecular weight is 534 g/mol. The number of anilines is 1. The molecule has 0 radical (unpaired) electrons. The molecule has 0 saturated heterocycles. The molecule has 0 aliphatic rings. The standard InChI is InChI=1S/C26H20ClN5O2S.CH4O/c1-15-12-17(13-21(27)28-15)24-23(16-6-4-3-5-7-16)31-26-25(30-24)20(33)14-22(29-26)32-35-19-10-8-18(34-2)9-11-19;1-2/h3-14H,1-2H3,(H2,29,31,32,33);2H,1H3. The highest BCUT2D eigenvalue weighted by Gasteiger charge is 2.17. The van der Waals surface area contributed by atoms with Crippen LogP contribution in [0.15, 0.2) is 82.5 Å². The molecule has 0 saturated carbocycles. The molecule has 3 aromatic heterocycles. The zero-order chi connectivity index (χ0) is 26.4. The third-order valence-electron chi connectivity index (χ3n) is 5.24. The van der Waals surface area contributed by atoms with E-state index in [1.807, 2.05) is 67.6 Å². The lowest BCUT2D eigenvalue weighted by molar-refractivity contribution is 0.399. The highest BCUT2D eigenvalue weighted by Crippen LogP contribution is 2.32. The van der Waals surface area contributed by atoms with Crippen molar-refractivity contribution in [3.63, 3.8) is 0 Å². The molecule has 5 rings (SSSR count). The fraction of sp³-hybridized carbons (Fsp3) is 0.111. The molecular formula is C27H24ClN5O3S. The zero-order valence-corrected chi connectivity index (χ0v) is 21.9. The second-order valence-corrected chi connectivity index (χ2v) is 9.00. The van der Waals surface area contributed by atoms with Crippen LogP contribution in [0, 0.1) is 6.92 Å². The number of benzene rings is 2. The van der Waals surface area contributed by atoms with E-state index in [-0.39, 0.29) is 10.9 Å². The van der Waals surface area contributed by atoms with Crippen molar-refractivity contribution in [3.8, 4) is 28.3 Å². The van der Waals surface area contributed by atoms with Crippen LogP contribution >= 0.6 is 23.5 Å². The van der Waals surface area contributed by atoms with Crippen LogP contribution in [0.2, 0.25) is 5.15 Å². The topological polar surface area (TPSA) is 113 Å². The Bertz CT molecular complexity index is 1560. The Morgan fingerprint density at radius 3 is 2.30 bits per heavy atom. The van der Waals surface area contributed by atoms with Gasteiger partial charge in [0.25, 0.3) is 0 Å². The lowest BCUT2D eigenvalue weighted by Gasteiger charge is -2.12. The molecule has 0 aliphatic carbocycles. The van der Waals surface area contributed by atoms with E-state index in [4.69, 9.17) is 31.4 Å². The summed E-state index contributed by atoms with van der Waals surface area (Å²) in [6, 6.07) is 22.4. The van der Waals surface area contributed by atoms with Gasteiger partial charge < -0.3 is 19.5 Å². The maximum absolute atomic E-state index is 13.0. The van der Waals surface area contributed by atoms with Gasteiger partial charge in [-0.25, -0.2) is 15.0 Å². The summed E-state index contributed by atoms with van der Waals surface area (Å²) in [5, 5.41) is 7.35. The van der Waals surface area contributed by atoms with E-state index in [1.165, 1.54) is 18.0 Å². The first kappa shape index (κ1) is 26.2. The van der Waals surface area contributed by atoms with Crippen LogP contribution in [-0.2, 0) is 0 Å². The van der Waals surface area contributed by atoms with Gasteiger partial charge in [-0.15, -0.1) is 0 Å². The maximum atomic E-state index is 13.0. The predicted octanol–water partition coefficient (Wildman–Crippen LogP) is 5.75. The molecule has 2 aromatic carbocycles. The van der Waals surface area contributed by atoms with Crippen LogP contribution in [0.25, 0.3) is 33.7 Å². The highest BCUT2D eigenvalue weighted by molar-refractivity contribution is 8.00. The van der Waals surface area contributed by atoms with Crippen LogP contribution in [0.4, 0.5) is 5.82 Å². The van der Waals surface area contributed by atoms with Gasteiger partial charge in [-0.3, -0.25) is 4.79 Å². The molecule has 0 spiro atoms. The second kappa shape index (κ2) is 11.9. The number of fused-ring (bicyclic) bond motifs is 1. The van der Waals surface area contributed by atoms with Gasteiger partial charge in [0.2, 0.25) is 5.43 Å². The third-order valence-corrected chi connectivity index (χ3v) is 6.26. The molecule has 0 amide bonds. The van der Waals surface area contributed by atoms with Crippen molar-refractivity contribution in [1.82, 2.24) is 19.9 Å². The van der Waals surface area contributed by atoms with Gasteiger partial charge in [-0.2, -0.15) is 0 Å². The smallest absolute Gasteiger partial charge is 0.211 e. The minimum absolute atomic E-state index is 0.241. The molecule has 8 nitrogen and oxygen atoms in total. The monoisotopic (exact) mass is 533 g/mol. The molecule has 5 aromatic rings. The van der Waals surface area contributed by atoms with E-state index in [9.17, 15) is 4.79 Å². The number of aromatic nitrogens is 4. The number of pyridine rings is 2. The largest absolute Gasteiger partial charge is 0.497 e. The van der Waals surface area contributed by atoms with Crippen molar-refractivity contribution in [2.24, 2.45) is 0 Å². The third kappa shape index (κ3) is 6.08. The Kier molecular flexibility index (Phi) is 8.39. The number of aliphatic hydroxyl groups is 1. The Hall–Kier alpha value is -3.92. The lowest BCUT2D eigenvalue weighted by atomic mass is 10.0. The summed E-state index contributed by atoms with van der Waals surface area (Å²) in [5.41, 5.74) is 3.94. The molecule has 10 heteroatoms. The fourth-order valence-corrected chi connectivity index (χ4v) is 4.49. The normalized spacial score (nSPS) is 10.5. The molecular weight excluding hydrogens is 510 g/mol. The number of rotatable bonds is 6. The highest BCUT2D eigenvalue weighted by atomic mass is 35.5. The lowest BCUT2D eigenvalue weighted by Crippen LogP contribution is -2.09. The Balaban J connectivity index is 0.00000156. The van der Waals surface area contributed by atoms with Crippen molar-refractivity contribution in [3.05, 3.63) is 93.9 Å². The number of hydrogen-bond acceptors (Lipinski definition) is 8. The number of nitrogens with zero attached hydrogens (tertiary/aromatic N) is 3. The Morgan fingerprint density at radius 2 is 1.62 bits per heavy atom. The number of aliphatic hydroxyl groups excluding tert-OH is 1. The van der Waals surface area contributed by atoms with E-state index < -0.39 is 0 Å². The zero-order valence-electron chi connectivity index (χ0n) is 20.3. The Morgan fingerprint density at radius 1 is 0.919 bits per heavy atom. The number of halogens is 1. The number of H-pyrrole nitrogens is 1. The van der Waals surface area contributed by atoms with Gasteiger partial charge in [0.05, 0.1) is 18.5 Å². The van der Waals surface area contributed by atoms with E-state index in [0.717, 1.165) is 34.6 Å². The van der Waals surface area contributed by atoms with Gasteiger partial charge >= 0.3 is 0 Å². The van der Waals surface area contributed by atoms with E-state index in [1.54, 1.807) is 13.2 Å². The van der Waals surface area contributed by atoms with Crippen molar-refractivity contribution >= 4 is 40.5 Å². The predicted molar refractivity (Wildman–Crippen MR) is 149 cm³/mol. The first-order valence-corrected chi connectivity index (χ1v) is 12.4. The summed E-state index contributed by atoms with van der Waals surface area (Å²) in [7, 11) is 2.63. The molecule has 188 valence electrons. The number of aryl methyl sites for hydroxylation is 1. The summed E-state index contributed by atoms with van der Waals surface area (Å²) in [6.45, 7) is 1.86. The van der Waals surface area contributed by atoms with Gasteiger partial charge in [-0.05, 0) is 55.3 Å². The minimum Gasteiger partial charge on any atom is -0.497 e. The molecule has 3 N–H and O–H groups in total. The molecule has 0 unspecified atom stereocenters. The number of nitrogens with one attached hydrogen (secondary N) is 2. The first-order valence-electron chi connectivity index (χ1n) is 11.2. The fourth-order valence-electron chi connectivity index (χ4n) is 3.63. The van der Waals surface area contributed by atoms with Gasteiger partial charge in [0.1, 0.15) is 16.7 Å². The van der Waals surface area contributed by atoms with Crippen molar-refractivity contribution in [2.45, 2.75) is 11.8 Å². The molecule has 0 fully saturated rings. The molecule has 0 aliphatic heterocycles. The molecule has 0 atom stereocenters. The van der Waals surface area contributed by atoms with Crippen LogP contribution < -0.4 is 14.9 Å². The summed E-state index contributed by atoms with van der Waals surface area (Å²) in [4.78, 5) is 31.0. The van der Waals surface area contributed by atoms with Gasteiger partial charge in [-0.1, -0.05) is 41.9 Å². The van der Waals surface area contributed by atoms with Crippen molar-refractivity contribution < 1.29 is 9.84 Å².